The van der Waals surface area contributed by atoms with Gasteiger partial charge >= 0.3 is 8.80 Å². The number of hydrogen-bond acceptors (Lipinski definition) is 5. The van der Waals surface area contributed by atoms with Gasteiger partial charge in [-0.3, -0.25) is 4.79 Å². The van der Waals surface area contributed by atoms with E-state index in [2.05, 4.69) is 31.4 Å². The number of rotatable bonds is 5. The molecule has 0 aromatic rings. The van der Waals surface area contributed by atoms with Gasteiger partial charge in [-0.2, -0.15) is 0 Å². The van der Waals surface area contributed by atoms with E-state index in [9.17, 15) is 4.79 Å². The molecule has 1 amide bonds. The van der Waals surface area contributed by atoms with Gasteiger partial charge in [0.25, 0.3) is 0 Å². The van der Waals surface area contributed by atoms with E-state index in [1.54, 1.807) is 0 Å². The summed E-state index contributed by atoms with van der Waals surface area (Å²) in [5.41, 5.74) is -0.249. The molecule has 7 heteroatoms. The summed E-state index contributed by atoms with van der Waals surface area (Å²) in [4.78, 5) is 11.9. The minimum atomic E-state index is -2.50. The van der Waals surface area contributed by atoms with E-state index in [0.29, 0.717) is 6.54 Å². The highest BCUT2D eigenvalue weighted by molar-refractivity contribution is 6.62. The SMILES string of the molecule is CC1O[Si]2(CCCNC(=O)[C@@H]3CCCN3)OC1C(C)(C)O2. The third-order valence-electron chi connectivity index (χ3n) is 4.54. The molecule has 4 atom stereocenters. The van der Waals surface area contributed by atoms with Crippen LogP contribution < -0.4 is 10.6 Å². The molecule has 3 heterocycles. The van der Waals surface area contributed by atoms with Crippen molar-refractivity contribution in [3.63, 3.8) is 0 Å². The molecule has 3 saturated heterocycles. The van der Waals surface area contributed by atoms with Crippen LogP contribution in [0.1, 0.15) is 40.0 Å². The van der Waals surface area contributed by atoms with Gasteiger partial charge in [0, 0.05) is 12.6 Å². The van der Waals surface area contributed by atoms with E-state index in [4.69, 9.17) is 13.3 Å². The number of hydrogen-bond donors (Lipinski definition) is 2. The molecule has 0 aliphatic carbocycles. The molecule has 0 saturated carbocycles. The summed E-state index contributed by atoms with van der Waals surface area (Å²) >= 11 is 0. The monoisotopic (exact) mass is 314 g/mol. The Bertz CT molecular complexity index is 414. The summed E-state index contributed by atoms with van der Waals surface area (Å²) < 4.78 is 18.1. The van der Waals surface area contributed by atoms with Crippen LogP contribution in [0, 0.1) is 0 Å². The second-order valence-corrected chi connectivity index (χ2v) is 9.34. The van der Waals surface area contributed by atoms with Crippen LogP contribution in [0.25, 0.3) is 0 Å². The maximum atomic E-state index is 11.9. The molecule has 2 bridgehead atoms. The third-order valence-corrected chi connectivity index (χ3v) is 7.68. The summed E-state index contributed by atoms with van der Waals surface area (Å²) in [7, 11) is -2.50. The molecule has 0 spiro atoms. The number of carbonyl (C=O) groups excluding carboxylic acids is 1. The van der Waals surface area contributed by atoms with Crippen molar-refractivity contribution in [2.24, 2.45) is 0 Å². The maximum Gasteiger partial charge on any atom is 0.502 e. The van der Waals surface area contributed by atoms with Crippen molar-refractivity contribution in [1.82, 2.24) is 10.6 Å². The topological polar surface area (TPSA) is 68.8 Å². The normalized spacial score (nSPS) is 40.6. The van der Waals surface area contributed by atoms with Crippen molar-refractivity contribution in [2.45, 2.75) is 69.9 Å². The molecule has 120 valence electrons. The molecular formula is C14H26N2O4Si. The van der Waals surface area contributed by atoms with Crippen LogP contribution in [-0.2, 0) is 18.1 Å². The highest BCUT2D eigenvalue weighted by atomic mass is 28.4. The lowest BCUT2D eigenvalue weighted by molar-refractivity contribution is -0.122. The van der Waals surface area contributed by atoms with Crippen LogP contribution in [-0.4, -0.2) is 51.7 Å². The Balaban J connectivity index is 1.42. The molecule has 3 unspecified atom stereocenters. The molecule has 0 aromatic carbocycles. The number of fused-ring (bicyclic) bond motifs is 2. The summed E-state index contributed by atoms with van der Waals surface area (Å²) in [5.74, 6) is 0.110. The first-order chi connectivity index (χ1) is 9.92. The Hall–Kier alpha value is -0.473. The molecule has 3 aliphatic heterocycles. The van der Waals surface area contributed by atoms with Gasteiger partial charge in [-0.1, -0.05) is 0 Å². The minimum Gasteiger partial charge on any atom is -0.368 e. The van der Waals surface area contributed by atoms with Gasteiger partial charge in [-0.15, -0.1) is 0 Å². The van der Waals surface area contributed by atoms with Crippen LogP contribution in [0.4, 0.5) is 0 Å². The molecule has 3 fully saturated rings. The van der Waals surface area contributed by atoms with Crippen LogP contribution in [0.5, 0.6) is 0 Å². The molecule has 2 N–H and O–H groups in total. The zero-order valence-electron chi connectivity index (χ0n) is 13.1. The van der Waals surface area contributed by atoms with Gasteiger partial charge in [0.05, 0.1) is 17.7 Å². The first-order valence-electron chi connectivity index (χ1n) is 7.99. The van der Waals surface area contributed by atoms with E-state index in [1.165, 1.54) is 0 Å². The van der Waals surface area contributed by atoms with Crippen LogP contribution in [0.15, 0.2) is 0 Å². The lowest BCUT2D eigenvalue weighted by Crippen LogP contribution is -2.50. The smallest absolute Gasteiger partial charge is 0.368 e. The lowest BCUT2D eigenvalue weighted by atomic mass is 9.98. The molecular weight excluding hydrogens is 288 g/mol. The van der Waals surface area contributed by atoms with Crippen molar-refractivity contribution in [3.05, 3.63) is 0 Å². The first kappa shape index (κ1) is 15.4. The predicted octanol–water partition coefficient (Wildman–Crippen LogP) is 0.796. The second-order valence-electron chi connectivity index (χ2n) is 6.79. The van der Waals surface area contributed by atoms with E-state index in [0.717, 1.165) is 31.9 Å². The second kappa shape index (κ2) is 5.62. The number of carbonyl (C=O) groups is 1. The van der Waals surface area contributed by atoms with E-state index >= 15 is 0 Å². The van der Waals surface area contributed by atoms with Crippen molar-refractivity contribution >= 4 is 14.7 Å². The van der Waals surface area contributed by atoms with Crippen LogP contribution in [0.3, 0.4) is 0 Å². The first-order valence-corrected chi connectivity index (χ1v) is 9.92. The molecule has 3 aliphatic rings. The summed E-state index contributed by atoms with van der Waals surface area (Å²) in [6.07, 6.45) is 3.00. The number of nitrogens with one attached hydrogen (secondary N) is 2. The van der Waals surface area contributed by atoms with Crippen molar-refractivity contribution in [1.29, 1.82) is 0 Å². The summed E-state index contributed by atoms with van der Waals surface area (Å²) in [6, 6.07) is 0.765. The van der Waals surface area contributed by atoms with E-state index in [-0.39, 0.29) is 29.8 Å². The summed E-state index contributed by atoms with van der Waals surface area (Å²) in [6.45, 7) is 7.79. The lowest BCUT2D eigenvalue weighted by Gasteiger charge is -2.34. The Morgan fingerprint density at radius 1 is 1.43 bits per heavy atom. The van der Waals surface area contributed by atoms with Gasteiger partial charge in [-0.05, 0) is 46.6 Å². The highest BCUT2D eigenvalue weighted by Gasteiger charge is 2.65. The molecule has 6 nitrogen and oxygen atoms in total. The Morgan fingerprint density at radius 3 is 2.86 bits per heavy atom. The largest absolute Gasteiger partial charge is 0.502 e. The Kier molecular flexibility index (Phi) is 4.13. The fourth-order valence-electron chi connectivity index (χ4n) is 3.59. The Morgan fingerprint density at radius 2 is 2.24 bits per heavy atom. The zero-order chi connectivity index (χ0) is 15.1. The Labute approximate surface area is 127 Å². The molecule has 0 aromatic heterocycles. The molecule has 3 rings (SSSR count). The average Bonchev–Trinajstić information content (AvgIpc) is 3.07. The van der Waals surface area contributed by atoms with Crippen molar-refractivity contribution in [3.8, 4) is 0 Å². The van der Waals surface area contributed by atoms with E-state index in [1.807, 2.05) is 0 Å². The van der Waals surface area contributed by atoms with Gasteiger partial charge in [0.1, 0.15) is 6.10 Å². The average molecular weight is 314 g/mol. The minimum absolute atomic E-state index is 0.00884. The van der Waals surface area contributed by atoms with Gasteiger partial charge < -0.3 is 23.9 Å². The molecule has 0 radical (unpaired) electrons. The zero-order valence-corrected chi connectivity index (χ0v) is 14.1. The van der Waals surface area contributed by atoms with Crippen molar-refractivity contribution in [2.75, 3.05) is 13.1 Å². The van der Waals surface area contributed by atoms with Crippen LogP contribution >= 0.6 is 0 Å². The molecule has 21 heavy (non-hydrogen) atoms. The van der Waals surface area contributed by atoms with Crippen molar-refractivity contribution < 1.29 is 18.1 Å². The quantitative estimate of drug-likeness (QED) is 0.580. The third kappa shape index (κ3) is 3.03. The fraction of sp³-hybridized carbons (Fsp3) is 0.929. The van der Waals surface area contributed by atoms with Gasteiger partial charge in [-0.25, -0.2) is 0 Å². The van der Waals surface area contributed by atoms with Gasteiger partial charge in [0.15, 0.2) is 0 Å². The number of amides is 1. The van der Waals surface area contributed by atoms with Gasteiger partial charge in [0.2, 0.25) is 5.91 Å². The standard InChI is InChI=1S/C14H26N2O4Si/c1-10-12-14(2,3)20-21(18-10,19-12)9-5-8-16-13(17)11-6-4-7-15-11/h10-12,15H,4-9H2,1-3H3,(H,16,17)/t10?,11-,12?,21?/m0/s1. The maximum absolute atomic E-state index is 11.9. The van der Waals surface area contributed by atoms with Crippen LogP contribution in [0.2, 0.25) is 6.04 Å². The van der Waals surface area contributed by atoms with E-state index < -0.39 is 8.80 Å². The summed E-state index contributed by atoms with van der Waals surface area (Å²) in [5, 5.41) is 6.19. The fourth-order valence-corrected chi connectivity index (χ4v) is 7.16. The predicted molar refractivity (Wildman–Crippen MR) is 79.8 cm³/mol. The highest BCUT2D eigenvalue weighted by Crippen LogP contribution is 2.45.